The number of dihydropyridines is 1. The van der Waals surface area contributed by atoms with Crippen molar-refractivity contribution in [3.8, 4) is 11.5 Å². The number of esters is 1. The Bertz CT molecular complexity index is 1170. The molecule has 0 saturated carbocycles. The van der Waals surface area contributed by atoms with Gasteiger partial charge in [0.1, 0.15) is 13.2 Å². The van der Waals surface area contributed by atoms with Crippen LogP contribution in [-0.4, -0.2) is 37.0 Å². The summed E-state index contributed by atoms with van der Waals surface area (Å²) >= 11 is 1.72. The van der Waals surface area contributed by atoms with Crippen LogP contribution in [0.5, 0.6) is 11.5 Å². The molecule has 1 aliphatic carbocycles. The normalized spacial score (nSPS) is 17.4. The van der Waals surface area contributed by atoms with E-state index in [0.29, 0.717) is 42.3 Å². The number of hydrogen-bond acceptors (Lipinski definition) is 7. The van der Waals surface area contributed by atoms with Crippen LogP contribution in [0.2, 0.25) is 0 Å². The molecular weight excluding hydrogens is 474 g/mol. The Balaban J connectivity index is 1.70. The van der Waals surface area contributed by atoms with E-state index >= 15 is 0 Å². The molecule has 0 aromatic heterocycles. The van der Waals surface area contributed by atoms with Crippen LogP contribution in [-0.2, 0) is 20.9 Å². The summed E-state index contributed by atoms with van der Waals surface area (Å²) in [6.07, 6.45) is 2.05. The number of benzene rings is 2. The summed E-state index contributed by atoms with van der Waals surface area (Å²) in [7, 11) is 1.60. The minimum absolute atomic E-state index is 0.0654. The summed E-state index contributed by atoms with van der Waals surface area (Å²) in [5.74, 6) is 2.00. The Kier molecular flexibility index (Phi) is 8.75. The van der Waals surface area contributed by atoms with Gasteiger partial charge in [-0.1, -0.05) is 43.3 Å². The summed E-state index contributed by atoms with van der Waals surface area (Å²) in [6, 6.07) is 15.5. The highest BCUT2D eigenvalue weighted by atomic mass is 32.2. The van der Waals surface area contributed by atoms with Crippen LogP contribution >= 0.6 is 11.8 Å². The van der Waals surface area contributed by atoms with E-state index in [9.17, 15) is 9.59 Å². The standard InChI is InChI=1S/C29H33NO5S/c1-4-36-16-15-34-29(32)26-19(2)30-22-11-8-12-23(31)28(22)27(26)21-13-14-24(33-3)25(17-21)35-18-20-9-6-5-7-10-20/h5-7,9-10,13-14,17,27,30H,4,8,11-12,15-16,18H2,1-3H3/t27-/m0/s1. The first-order valence-electron chi connectivity index (χ1n) is 12.4. The molecule has 0 spiro atoms. The Labute approximate surface area is 217 Å². The van der Waals surface area contributed by atoms with Crippen molar-refractivity contribution in [3.63, 3.8) is 0 Å². The molecule has 0 radical (unpaired) electrons. The van der Waals surface area contributed by atoms with E-state index in [-0.39, 0.29) is 5.78 Å². The number of hydrogen-bond donors (Lipinski definition) is 1. The van der Waals surface area contributed by atoms with Crippen molar-refractivity contribution in [1.82, 2.24) is 5.32 Å². The Morgan fingerprint density at radius 3 is 2.67 bits per heavy atom. The van der Waals surface area contributed by atoms with Crippen molar-refractivity contribution in [2.75, 3.05) is 25.2 Å². The highest BCUT2D eigenvalue weighted by Crippen LogP contribution is 2.44. The number of allylic oxidation sites excluding steroid dienone is 3. The lowest BCUT2D eigenvalue weighted by atomic mass is 9.75. The molecule has 0 unspecified atom stereocenters. The second-order valence-electron chi connectivity index (χ2n) is 8.78. The predicted octanol–water partition coefficient (Wildman–Crippen LogP) is 5.54. The smallest absolute Gasteiger partial charge is 0.336 e. The fourth-order valence-corrected chi connectivity index (χ4v) is 5.21. The number of nitrogens with one attached hydrogen (secondary N) is 1. The average Bonchev–Trinajstić information content (AvgIpc) is 2.89. The topological polar surface area (TPSA) is 73.9 Å². The minimum Gasteiger partial charge on any atom is -0.493 e. The minimum atomic E-state index is -0.523. The van der Waals surface area contributed by atoms with Gasteiger partial charge < -0.3 is 19.5 Å². The third-order valence-electron chi connectivity index (χ3n) is 6.42. The molecule has 1 heterocycles. The lowest BCUT2D eigenvalue weighted by Crippen LogP contribution is -2.34. The van der Waals surface area contributed by atoms with Crippen LogP contribution in [0, 0.1) is 0 Å². The maximum absolute atomic E-state index is 13.3. The summed E-state index contributed by atoms with van der Waals surface area (Å²) < 4.78 is 17.4. The number of carbonyl (C=O) groups is 2. The third-order valence-corrected chi connectivity index (χ3v) is 7.28. The summed E-state index contributed by atoms with van der Waals surface area (Å²) in [6.45, 7) is 4.65. The van der Waals surface area contributed by atoms with Gasteiger partial charge in [-0.2, -0.15) is 11.8 Å². The maximum Gasteiger partial charge on any atom is 0.336 e. The van der Waals surface area contributed by atoms with Gasteiger partial charge in [-0.05, 0) is 48.8 Å². The molecule has 0 bridgehead atoms. The van der Waals surface area contributed by atoms with Gasteiger partial charge in [0.15, 0.2) is 17.3 Å². The van der Waals surface area contributed by atoms with Crippen molar-refractivity contribution >= 4 is 23.5 Å². The lowest BCUT2D eigenvalue weighted by Gasteiger charge is -2.34. The first kappa shape index (κ1) is 25.9. The summed E-state index contributed by atoms with van der Waals surface area (Å²) in [5, 5.41) is 3.34. The maximum atomic E-state index is 13.3. The zero-order valence-corrected chi connectivity index (χ0v) is 21.9. The van der Waals surface area contributed by atoms with Crippen molar-refractivity contribution in [2.45, 2.75) is 45.6 Å². The zero-order valence-electron chi connectivity index (χ0n) is 21.1. The summed E-state index contributed by atoms with van der Waals surface area (Å²) in [4.78, 5) is 26.5. The van der Waals surface area contributed by atoms with E-state index in [0.717, 1.165) is 46.9 Å². The quantitative estimate of drug-likeness (QED) is 0.334. The molecule has 7 heteroatoms. The average molecular weight is 508 g/mol. The molecule has 4 rings (SSSR count). The van der Waals surface area contributed by atoms with E-state index in [2.05, 4.69) is 12.2 Å². The number of methoxy groups -OCH3 is 1. The molecule has 0 saturated heterocycles. The first-order chi connectivity index (χ1) is 17.5. The van der Waals surface area contributed by atoms with Crippen molar-refractivity contribution in [3.05, 3.63) is 82.2 Å². The molecule has 6 nitrogen and oxygen atoms in total. The SMILES string of the molecule is CCSCCOC(=O)C1=C(C)NC2=C(C(=O)CCC2)[C@H]1c1ccc(OC)c(OCc2ccccc2)c1. The van der Waals surface area contributed by atoms with Gasteiger partial charge >= 0.3 is 5.97 Å². The second-order valence-corrected chi connectivity index (χ2v) is 10.2. The van der Waals surface area contributed by atoms with Crippen LogP contribution in [0.4, 0.5) is 0 Å². The molecule has 1 aliphatic heterocycles. The Morgan fingerprint density at radius 1 is 1.11 bits per heavy atom. The van der Waals surface area contributed by atoms with Gasteiger partial charge in [0, 0.05) is 35.1 Å². The molecule has 2 aliphatic rings. The molecule has 2 aromatic carbocycles. The van der Waals surface area contributed by atoms with Crippen LogP contribution in [0.15, 0.2) is 71.1 Å². The molecular formula is C29H33NO5S. The van der Waals surface area contributed by atoms with Crippen LogP contribution in [0.1, 0.15) is 50.2 Å². The first-order valence-corrected chi connectivity index (χ1v) is 13.5. The monoisotopic (exact) mass is 507 g/mol. The zero-order chi connectivity index (χ0) is 25.5. The Morgan fingerprint density at radius 2 is 1.92 bits per heavy atom. The molecule has 1 atom stereocenters. The molecule has 0 amide bonds. The largest absolute Gasteiger partial charge is 0.493 e. The van der Waals surface area contributed by atoms with Crippen molar-refractivity contribution in [1.29, 1.82) is 0 Å². The highest BCUT2D eigenvalue weighted by molar-refractivity contribution is 7.99. The molecule has 1 N–H and O–H groups in total. The fourth-order valence-electron chi connectivity index (χ4n) is 4.72. The highest BCUT2D eigenvalue weighted by Gasteiger charge is 2.39. The van der Waals surface area contributed by atoms with Gasteiger partial charge in [0.2, 0.25) is 0 Å². The van der Waals surface area contributed by atoms with Gasteiger partial charge in [0.05, 0.1) is 12.7 Å². The molecule has 0 fully saturated rings. The van der Waals surface area contributed by atoms with E-state index in [1.807, 2.05) is 55.5 Å². The second kappa shape index (κ2) is 12.2. The number of thioether (sulfide) groups is 1. The summed E-state index contributed by atoms with van der Waals surface area (Å²) in [5.41, 5.74) is 4.59. The van der Waals surface area contributed by atoms with Gasteiger partial charge in [-0.3, -0.25) is 4.79 Å². The van der Waals surface area contributed by atoms with E-state index in [1.165, 1.54) is 0 Å². The third kappa shape index (κ3) is 5.78. The Hall–Kier alpha value is -3.19. The van der Waals surface area contributed by atoms with Crippen LogP contribution in [0.3, 0.4) is 0 Å². The van der Waals surface area contributed by atoms with Crippen LogP contribution in [0.25, 0.3) is 0 Å². The molecule has 2 aromatic rings. The lowest BCUT2D eigenvalue weighted by molar-refractivity contribution is -0.138. The van der Waals surface area contributed by atoms with Gasteiger partial charge in [-0.15, -0.1) is 0 Å². The van der Waals surface area contributed by atoms with Crippen LogP contribution < -0.4 is 14.8 Å². The fraction of sp³-hybridized carbons (Fsp3) is 0.379. The van der Waals surface area contributed by atoms with E-state index < -0.39 is 11.9 Å². The molecule has 36 heavy (non-hydrogen) atoms. The number of carbonyl (C=O) groups excluding carboxylic acids is 2. The number of ketones is 1. The number of Topliss-reactive ketones (excluding diaryl/α,β-unsaturated/α-hetero) is 1. The van der Waals surface area contributed by atoms with E-state index in [1.54, 1.807) is 18.9 Å². The van der Waals surface area contributed by atoms with Crippen molar-refractivity contribution < 1.29 is 23.8 Å². The van der Waals surface area contributed by atoms with Gasteiger partial charge in [-0.25, -0.2) is 4.79 Å². The molecule has 190 valence electrons. The number of rotatable bonds is 10. The van der Waals surface area contributed by atoms with Gasteiger partial charge in [0.25, 0.3) is 0 Å². The number of ether oxygens (including phenoxy) is 3. The van der Waals surface area contributed by atoms with E-state index in [4.69, 9.17) is 14.2 Å². The predicted molar refractivity (Wildman–Crippen MR) is 142 cm³/mol. The van der Waals surface area contributed by atoms with Crippen molar-refractivity contribution in [2.24, 2.45) is 0 Å².